The molecule has 0 radical (unpaired) electrons. The second-order valence-corrected chi connectivity index (χ2v) is 4.95. The molecular weight excluding hydrogens is 246 g/mol. The van der Waals surface area contributed by atoms with E-state index in [1.807, 2.05) is 4.90 Å². The minimum atomic E-state index is -0.394. The van der Waals surface area contributed by atoms with E-state index >= 15 is 0 Å². The number of carbonyl (C=O) groups is 1. The number of nitro groups is 1. The molecule has 0 aliphatic carbocycles. The van der Waals surface area contributed by atoms with Gasteiger partial charge >= 0.3 is 5.69 Å². The molecule has 1 aromatic heterocycles. The van der Waals surface area contributed by atoms with Crippen molar-refractivity contribution in [2.45, 2.75) is 26.7 Å². The van der Waals surface area contributed by atoms with Crippen LogP contribution in [0.2, 0.25) is 0 Å². The van der Waals surface area contributed by atoms with Gasteiger partial charge in [0.2, 0.25) is 5.82 Å². The van der Waals surface area contributed by atoms with Crippen LogP contribution in [0.1, 0.15) is 25.3 Å². The van der Waals surface area contributed by atoms with E-state index in [-0.39, 0.29) is 17.4 Å². The third kappa shape index (κ3) is 2.72. The molecule has 1 aliphatic heterocycles. The summed E-state index contributed by atoms with van der Waals surface area (Å²) >= 11 is 0. The molecule has 102 valence electrons. The van der Waals surface area contributed by atoms with Gasteiger partial charge in [0.05, 0.1) is 4.92 Å². The number of pyridine rings is 1. The fraction of sp³-hybridized carbons (Fsp3) is 0.538. The largest absolute Gasteiger partial charge is 0.350 e. The number of nitrogens with zero attached hydrogens (tertiary/aromatic N) is 3. The van der Waals surface area contributed by atoms with Gasteiger partial charge in [-0.1, -0.05) is 0 Å². The van der Waals surface area contributed by atoms with Gasteiger partial charge in [0.25, 0.3) is 0 Å². The number of aryl methyl sites for hydroxylation is 1. The molecule has 19 heavy (non-hydrogen) atoms. The number of carbonyl (C=O) groups excluding carboxylic acids is 1. The predicted molar refractivity (Wildman–Crippen MR) is 71.2 cm³/mol. The van der Waals surface area contributed by atoms with E-state index in [0.717, 1.165) is 12.8 Å². The number of aromatic nitrogens is 1. The Kier molecular flexibility index (Phi) is 3.78. The van der Waals surface area contributed by atoms with Crippen LogP contribution in [0.4, 0.5) is 11.5 Å². The SMILES string of the molecule is CC(=O)C1CCCN(c2nccc(C)c2[N+](=O)[O-])C1. The van der Waals surface area contributed by atoms with E-state index in [2.05, 4.69) is 4.98 Å². The third-order valence-electron chi connectivity index (χ3n) is 3.59. The van der Waals surface area contributed by atoms with Crippen molar-refractivity contribution in [3.8, 4) is 0 Å². The Balaban J connectivity index is 2.34. The number of hydrogen-bond acceptors (Lipinski definition) is 5. The molecular formula is C13H17N3O3. The minimum Gasteiger partial charge on any atom is -0.350 e. The second kappa shape index (κ2) is 5.34. The Morgan fingerprint density at radius 1 is 1.58 bits per heavy atom. The average molecular weight is 263 g/mol. The number of anilines is 1. The van der Waals surface area contributed by atoms with E-state index in [1.54, 1.807) is 26.1 Å². The first-order valence-electron chi connectivity index (χ1n) is 6.36. The highest BCUT2D eigenvalue weighted by molar-refractivity contribution is 5.79. The highest BCUT2D eigenvalue weighted by Gasteiger charge is 2.29. The van der Waals surface area contributed by atoms with Gasteiger partial charge in [-0.05, 0) is 32.8 Å². The molecule has 1 aromatic rings. The van der Waals surface area contributed by atoms with Gasteiger partial charge in [-0.25, -0.2) is 4.98 Å². The smallest absolute Gasteiger partial charge is 0.314 e. The molecule has 1 saturated heterocycles. The van der Waals surface area contributed by atoms with Crippen LogP contribution in [0.25, 0.3) is 0 Å². The van der Waals surface area contributed by atoms with E-state index in [4.69, 9.17) is 0 Å². The van der Waals surface area contributed by atoms with Crippen LogP contribution in [0.3, 0.4) is 0 Å². The fourth-order valence-corrected chi connectivity index (χ4v) is 2.49. The van der Waals surface area contributed by atoms with Gasteiger partial charge in [0.15, 0.2) is 0 Å². The second-order valence-electron chi connectivity index (χ2n) is 4.95. The zero-order valence-corrected chi connectivity index (χ0v) is 11.1. The first kappa shape index (κ1) is 13.5. The van der Waals surface area contributed by atoms with Crippen molar-refractivity contribution < 1.29 is 9.72 Å². The van der Waals surface area contributed by atoms with E-state index < -0.39 is 4.92 Å². The van der Waals surface area contributed by atoms with Crippen molar-refractivity contribution in [1.82, 2.24) is 4.98 Å². The fourth-order valence-electron chi connectivity index (χ4n) is 2.49. The summed E-state index contributed by atoms with van der Waals surface area (Å²) < 4.78 is 0. The normalized spacial score (nSPS) is 19.3. The van der Waals surface area contributed by atoms with Crippen molar-refractivity contribution >= 4 is 17.3 Å². The Labute approximate surface area is 111 Å². The number of ketones is 1. The molecule has 1 atom stereocenters. The first-order chi connectivity index (χ1) is 9.00. The number of rotatable bonds is 3. The number of Topliss-reactive ketones (excluding diaryl/α,β-unsaturated/α-hetero) is 1. The molecule has 1 unspecified atom stereocenters. The number of hydrogen-bond donors (Lipinski definition) is 0. The lowest BCUT2D eigenvalue weighted by Crippen LogP contribution is -2.38. The zero-order chi connectivity index (χ0) is 14.0. The van der Waals surface area contributed by atoms with Crippen molar-refractivity contribution in [3.05, 3.63) is 27.9 Å². The summed E-state index contributed by atoms with van der Waals surface area (Å²) in [5.41, 5.74) is 0.645. The molecule has 6 nitrogen and oxygen atoms in total. The lowest BCUT2D eigenvalue weighted by atomic mass is 9.94. The van der Waals surface area contributed by atoms with Crippen LogP contribution in [-0.4, -0.2) is 28.8 Å². The summed E-state index contributed by atoms with van der Waals surface area (Å²) in [6, 6.07) is 1.63. The first-order valence-corrected chi connectivity index (χ1v) is 6.36. The minimum absolute atomic E-state index is 0.0457. The molecule has 0 N–H and O–H groups in total. The number of piperidine rings is 1. The Morgan fingerprint density at radius 3 is 2.95 bits per heavy atom. The maximum absolute atomic E-state index is 11.5. The van der Waals surface area contributed by atoms with E-state index in [9.17, 15) is 14.9 Å². The van der Waals surface area contributed by atoms with Crippen LogP contribution in [0, 0.1) is 23.0 Å². The van der Waals surface area contributed by atoms with Gasteiger partial charge in [-0.15, -0.1) is 0 Å². The van der Waals surface area contributed by atoms with Crippen LogP contribution < -0.4 is 4.90 Å². The summed E-state index contributed by atoms with van der Waals surface area (Å²) in [5, 5.41) is 11.2. The molecule has 0 aromatic carbocycles. The highest BCUT2D eigenvalue weighted by atomic mass is 16.6. The van der Waals surface area contributed by atoms with Crippen LogP contribution in [0.5, 0.6) is 0 Å². The monoisotopic (exact) mass is 263 g/mol. The van der Waals surface area contributed by atoms with Gasteiger partial charge in [0, 0.05) is 30.8 Å². The van der Waals surface area contributed by atoms with Gasteiger partial charge in [-0.3, -0.25) is 14.9 Å². The Bertz CT molecular complexity index is 516. The van der Waals surface area contributed by atoms with Crippen LogP contribution in [-0.2, 0) is 4.79 Å². The summed E-state index contributed by atoms with van der Waals surface area (Å²) in [6.45, 7) is 4.51. The molecule has 1 aliphatic rings. The summed E-state index contributed by atoms with van der Waals surface area (Å²) in [7, 11) is 0. The Hall–Kier alpha value is -1.98. The Morgan fingerprint density at radius 2 is 2.32 bits per heavy atom. The molecule has 0 amide bonds. The molecule has 1 fully saturated rings. The van der Waals surface area contributed by atoms with Gasteiger partial charge in [-0.2, -0.15) is 0 Å². The van der Waals surface area contributed by atoms with E-state index in [1.165, 1.54) is 0 Å². The molecule has 6 heteroatoms. The molecule has 2 rings (SSSR count). The predicted octanol–water partition coefficient (Wildman–Crippen LogP) is 2.10. The highest BCUT2D eigenvalue weighted by Crippen LogP contribution is 2.31. The summed E-state index contributed by atoms with van der Waals surface area (Å²) in [4.78, 5) is 28.3. The average Bonchev–Trinajstić information content (AvgIpc) is 2.38. The summed E-state index contributed by atoms with van der Waals surface area (Å²) in [6.07, 6.45) is 3.29. The van der Waals surface area contributed by atoms with E-state index in [0.29, 0.717) is 24.5 Å². The van der Waals surface area contributed by atoms with Crippen LogP contribution in [0.15, 0.2) is 12.3 Å². The van der Waals surface area contributed by atoms with Crippen molar-refractivity contribution in [1.29, 1.82) is 0 Å². The van der Waals surface area contributed by atoms with Crippen molar-refractivity contribution in [2.24, 2.45) is 5.92 Å². The lowest BCUT2D eigenvalue weighted by molar-refractivity contribution is -0.384. The lowest BCUT2D eigenvalue weighted by Gasteiger charge is -2.32. The third-order valence-corrected chi connectivity index (χ3v) is 3.59. The summed E-state index contributed by atoms with van der Waals surface area (Å²) in [5.74, 6) is 0.478. The molecule has 2 heterocycles. The zero-order valence-electron chi connectivity index (χ0n) is 11.1. The van der Waals surface area contributed by atoms with Crippen molar-refractivity contribution in [2.75, 3.05) is 18.0 Å². The van der Waals surface area contributed by atoms with Gasteiger partial charge in [0.1, 0.15) is 5.78 Å². The maximum Gasteiger partial charge on any atom is 0.314 e. The van der Waals surface area contributed by atoms with Crippen molar-refractivity contribution in [3.63, 3.8) is 0 Å². The standard InChI is InChI=1S/C13H17N3O3/c1-9-5-6-14-13(12(9)16(18)19)15-7-3-4-11(8-15)10(2)17/h5-6,11H,3-4,7-8H2,1-2H3. The molecule has 0 bridgehead atoms. The topological polar surface area (TPSA) is 76.3 Å². The maximum atomic E-state index is 11.5. The molecule has 0 saturated carbocycles. The molecule has 0 spiro atoms. The van der Waals surface area contributed by atoms with Gasteiger partial charge < -0.3 is 4.90 Å². The quantitative estimate of drug-likeness (QED) is 0.616. The van der Waals surface area contributed by atoms with Crippen LogP contribution >= 0.6 is 0 Å².